The van der Waals surface area contributed by atoms with Crippen molar-refractivity contribution in [1.82, 2.24) is 9.55 Å². The molecule has 0 radical (unpaired) electrons. The van der Waals surface area contributed by atoms with Gasteiger partial charge in [0, 0.05) is 45.9 Å². The third-order valence-corrected chi connectivity index (χ3v) is 12.9. The van der Waals surface area contributed by atoms with Crippen LogP contribution in [0.4, 0.5) is 22.7 Å². The van der Waals surface area contributed by atoms with Crippen LogP contribution in [0.5, 0.6) is 11.5 Å². The van der Waals surface area contributed by atoms with Crippen LogP contribution < -0.4 is 14.5 Å². The minimum absolute atomic E-state index is 0.00951. The molecule has 9 rings (SSSR count). The Morgan fingerprint density at radius 2 is 1.05 bits per heavy atom. The third kappa shape index (κ3) is 7.52. The monoisotopic (exact) mass is 816 g/mol. The zero-order valence-corrected chi connectivity index (χ0v) is 38.3. The Kier molecular flexibility index (Phi) is 9.89. The number of nitrogens with zero attached hydrogens (tertiary/aromatic N) is 4. The number of hydrogen-bond donors (Lipinski definition) is 0. The topological polar surface area (TPSA) is 33.5 Å². The number of fused-ring (bicyclic) bond motifs is 4. The van der Waals surface area contributed by atoms with Gasteiger partial charge < -0.3 is 14.5 Å². The van der Waals surface area contributed by atoms with Crippen molar-refractivity contribution in [2.75, 3.05) is 16.5 Å². The molecule has 62 heavy (non-hydrogen) atoms. The molecule has 5 heteroatoms. The van der Waals surface area contributed by atoms with Crippen molar-refractivity contribution in [2.45, 2.75) is 97.8 Å². The standard InChI is InChI=1S/C57H60N4O/c1-54(2,3)39-19-15-20-43(31-39)59-37-60(52-33-40(55(4,5)6)23-28-50(52)59)44-21-16-22-45(35-44)62-46-25-26-47-48-32-42(57(10,11)38-17-13-12-14-18-38)24-27-49(48)61(51(47)36-46)53-34-41(29-30-58-53)56(7,8)9/h12-36H,37H2,1-11H3. The van der Waals surface area contributed by atoms with E-state index in [0.29, 0.717) is 6.67 Å². The summed E-state index contributed by atoms with van der Waals surface area (Å²) >= 11 is 0. The average Bonchev–Trinajstić information content (AvgIpc) is 3.78. The Morgan fingerprint density at radius 1 is 0.435 bits per heavy atom. The van der Waals surface area contributed by atoms with Crippen LogP contribution >= 0.6 is 0 Å². The van der Waals surface area contributed by atoms with Crippen molar-refractivity contribution in [2.24, 2.45) is 0 Å². The number of benzene rings is 6. The fourth-order valence-electron chi connectivity index (χ4n) is 8.89. The molecule has 0 amide bonds. The van der Waals surface area contributed by atoms with Gasteiger partial charge in [0.1, 0.15) is 24.0 Å². The minimum Gasteiger partial charge on any atom is -0.457 e. The molecular formula is C57H60N4O. The van der Waals surface area contributed by atoms with Gasteiger partial charge in [0.2, 0.25) is 0 Å². The molecule has 0 aliphatic carbocycles. The Hall–Kier alpha value is -6.33. The zero-order chi connectivity index (χ0) is 43.8. The number of rotatable bonds is 7. The molecule has 0 unspecified atom stereocenters. The highest BCUT2D eigenvalue weighted by Crippen LogP contribution is 2.47. The Labute approximate surface area is 368 Å². The molecule has 2 aromatic heterocycles. The summed E-state index contributed by atoms with van der Waals surface area (Å²) in [6.45, 7) is 25.7. The van der Waals surface area contributed by atoms with Gasteiger partial charge in [0.05, 0.1) is 22.4 Å². The van der Waals surface area contributed by atoms with Crippen LogP contribution in [-0.4, -0.2) is 16.2 Å². The van der Waals surface area contributed by atoms with E-state index >= 15 is 0 Å². The molecule has 1 aliphatic rings. The molecule has 6 aromatic carbocycles. The molecule has 0 atom stereocenters. The van der Waals surface area contributed by atoms with E-state index in [4.69, 9.17) is 9.72 Å². The van der Waals surface area contributed by atoms with Gasteiger partial charge in [-0.15, -0.1) is 0 Å². The predicted octanol–water partition coefficient (Wildman–Crippen LogP) is 15.4. The highest BCUT2D eigenvalue weighted by Gasteiger charge is 2.31. The normalized spacial score (nSPS) is 13.6. The maximum atomic E-state index is 6.84. The van der Waals surface area contributed by atoms with E-state index in [9.17, 15) is 0 Å². The summed E-state index contributed by atoms with van der Waals surface area (Å²) in [4.78, 5) is 9.84. The number of hydrogen-bond acceptors (Lipinski definition) is 4. The van der Waals surface area contributed by atoms with Crippen LogP contribution in [0, 0.1) is 0 Å². The summed E-state index contributed by atoms with van der Waals surface area (Å²) in [5, 5.41) is 2.35. The molecule has 0 saturated carbocycles. The van der Waals surface area contributed by atoms with Crippen molar-refractivity contribution >= 4 is 44.6 Å². The first-order valence-electron chi connectivity index (χ1n) is 22.1. The lowest BCUT2D eigenvalue weighted by atomic mass is 9.78. The molecule has 0 spiro atoms. The maximum Gasteiger partial charge on any atom is 0.137 e. The second-order valence-electron chi connectivity index (χ2n) is 20.7. The fourth-order valence-corrected chi connectivity index (χ4v) is 8.89. The maximum absolute atomic E-state index is 6.84. The summed E-state index contributed by atoms with van der Waals surface area (Å²) in [5.74, 6) is 2.45. The molecule has 3 heterocycles. The summed E-state index contributed by atoms with van der Waals surface area (Å²) in [6, 6.07) is 53.1. The predicted molar refractivity (Wildman–Crippen MR) is 262 cm³/mol. The van der Waals surface area contributed by atoms with Gasteiger partial charge in [-0.05, 0) is 117 Å². The van der Waals surface area contributed by atoms with Gasteiger partial charge in [-0.25, -0.2) is 4.98 Å². The highest BCUT2D eigenvalue weighted by atomic mass is 16.5. The first-order chi connectivity index (χ1) is 29.4. The summed E-state index contributed by atoms with van der Waals surface area (Å²) in [6.07, 6.45) is 1.94. The van der Waals surface area contributed by atoms with Crippen molar-refractivity contribution in [3.05, 3.63) is 180 Å². The van der Waals surface area contributed by atoms with Gasteiger partial charge in [-0.1, -0.05) is 137 Å². The number of aromatic nitrogens is 2. The largest absolute Gasteiger partial charge is 0.457 e. The third-order valence-electron chi connectivity index (χ3n) is 12.9. The van der Waals surface area contributed by atoms with Gasteiger partial charge in [-0.2, -0.15) is 0 Å². The first-order valence-corrected chi connectivity index (χ1v) is 22.1. The van der Waals surface area contributed by atoms with E-state index in [1.54, 1.807) is 0 Å². The molecule has 314 valence electrons. The van der Waals surface area contributed by atoms with Crippen LogP contribution in [0.2, 0.25) is 0 Å². The Bertz CT molecular complexity index is 2950. The Balaban J connectivity index is 1.12. The van der Waals surface area contributed by atoms with Gasteiger partial charge in [-0.3, -0.25) is 4.57 Å². The van der Waals surface area contributed by atoms with Crippen molar-refractivity contribution in [3.8, 4) is 17.3 Å². The molecule has 5 nitrogen and oxygen atoms in total. The Morgan fingerprint density at radius 3 is 1.77 bits per heavy atom. The van der Waals surface area contributed by atoms with E-state index < -0.39 is 0 Å². The molecule has 1 aliphatic heterocycles. The summed E-state index contributed by atoms with van der Waals surface area (Å²) in [5.41, 5.74) is 13.1. The molecule has 0 bridgehead atoms. The lowest BCUT2D eigenvalue weighted by molar-refractivity contribution is 0.483. The molecular weight excluding hydrogens is 757 g/mol. The van der Waals surface area contributed by atoms with Crippen molar-refractivity contribution in [1.29, 1.82) is 0 Å². The van der Waals surface area contributed by atoms with Crippen LogP contribution in [0.15, 0.2) is 152 Å². The SMILES string of the molecule is CC(C)(C)c1cccc(N2CN(c3cccc(Oc4ccc5c6cc(C(C)(C)c7ccccc7)ccc6n(-c6cc(C(C)(C)C)ccn6)c5c4)c3)c3cc(C(C)(C)C)ccc32)c1. The molecule has 0 saturated heterocycles. The zero-order valence-electron chi connectivity index (χ0n) is 38.3. The van der Waals surface area contributed by atoms with E-state index in [-0.39, 0.29) is 21.7 Å². The molecule has 0 fully saturated rings. The quantitative estimate of drug-likeness (QED) is 0.160. The summed E-state index contributed by atoms with van der Waals surface area (Å²) < 4.78 is 9.15. The smallest absolute Gasteiger partial charge is 0.137 e. The first kappa shape index (κ1) is 41.0. The minimum atomic E-state index is -0.181. The van der Waals surface area contributed by atoms with Gasteiger partial charge >= 0.3 is 0 Å². The molecule has 0 N–H and O–H groups in total. The van der Waals surface area contributed by atoms with Crippen LogP contribution in [0.3, 0.4) is 0 Å². The van der Waals surface area contributed by atoms with E-state index in [2.05, 4.69) is 236 Å². The lowest BCUT2D eigenvalue weighted by Gasteiger charge is -2.26. The second kappa shape index (κ2) is 14.9. The summed E-state index contributed by atoms with van der Waals surface area (Å²) in [7, 11) is 0. The number of ether oxygens (including phenoxy) is 1. The molecule has 8 aromatic rings. The average molecular weight is 817 g/mol. The van der Waals surface area contributed by atoms with Crippen LogP contribution in [-0.2, 0) is 21.7 Å². The number of anilines is 4. The second-order valence-corrected chi connectivity index (χ2v) is 20.7. The van der Waals surface area contributed by atoms with Gasteiger partial charge in [0.15, 0.2) is 0 Å². The van der Waals surface area contributed by atoms with Gasteiger partial charge in [0.25, 0.3) is 0 Å². The van der Waals surface area contributed by atoms with Crippen LogP contribution in [0.25, 0.3) is 27.6 Å². The van der Waals surface area contributed by atoms with Crippen LogP contribution in [0.1, 0.15) is 104 Å². The van der Waals surface area contributed by atoms with Crippen molar-refractivity contribution < 1.29 is 4.74 Å². The highest BCUT2D eigenvalue weighted by molar-refractivity contribution is 6.10. The lowest BCUT2D eigenvalue weighted by Crippen LogP contribution is -2.24. The fraction of sp³-hybridized carbons (Fsp3) is 0.281. The van der Waals surface area contributed by atoms with E-state index in [0.717, 1.165) is 39.4 Å². The number of pyridine rings is 1. The van der Waals surface area contributed by atoms with E-state index in [1.807, 2.05) is 6.20 Å². The van der Waals surface area contributed by atoms with E-state index in [1.165, 1.54) is 50.3 Å². The van der Waals surface area contributed by atoms with Crippen molar-refractivity contribution in [3.63, 3.8) is 0 Å².